The Bertz CT molecular complexity index is 301. The first-order valence-electron chi connectivity index (χ1n) is 6.07. The van der Waals surface area contributed by atoms with Gasteiger partial charge in [0.25, 0.3) is 0 Å². The molecule has 0 aromatic rings. The van der Waals surface area contributed by atoms with E-state index in [0.717, 1.165) is 0 Å². The van der Waals surface area contributed by atoms with Crippen LogP contribution >= 0.6 is 0 Å². The fraction of sp³-hybridized carbons (Fsp3) is 0.833. The maximum atomic E-state index is 12.0. The van der Waals surface area contributed by atoms with Gasteiger partial charge in [0.15, 0.2) is 0 Å². The summed E-state index contributed by atoms with van der Waals surface area (Å²) in [7, 11) is 0. The van der Waals surface area contributed by atoms with Gasteiger partial charge in [-0.15, -0.1) is 0 Å². The molecule has 0 atom stereocenters. The highest BCUT2D eigenvalue weighted by Gasteiger charge is 2.37. The summed E-state index contributed by atoms with van der Waals surface area (Å²) in [6, 6.07) is 1.97. The first-order valence-corrected chi connectivity index (χ1v) is 6.07. The molecule has 1 N–H and O–H groups in total. The lowest BCUT2D eigenvalue weighted by atomic mass is 9.80. The van der Waals surface area contributed by atoms with Crippen LogP contribution in [-0.4, -0.2) is 18.6 Å². The van der Waals surface area contributed by atoms with Crippen molar-refractivity contribution in [3.8, 4) is 6.07 Å². The molecule has 0 aliphatic rings. The molecule has 1 amide bonds. The lowest BCUT2D eigenvalue weighted by molar-refractivity contribution is -0.137. The summed E-state index contributed by atoms with van der Waals surface area (Å²) < 4.78 is 35.9. The van der Waals surface area contributed by atoms with E-state index in [1.807, 2.05) is 19.9 Å². The van der Waals surface area contributed by atoms with E-state index in [9.17, 15) is 18.0 Å². The SMILES string of the molecule is CCCC(C#N)(CCC)C(=O)NCCC(F)(F)F. The van der Waals surface area contributed by atoms with E-state index in [-0.39, 0.29) is 0 Å². The number of rotatable bonds is 7. The van der Waals surface area contributed by atoms with Crippen molar-refractivity contribution in [3.05, 3.63) is 0 Å². The zero-order chi connectivity index (χ0) is 14.2. The highest BCUT2D eigenvalue weighted by atomic mass is 19.4. The summed E-state index contributed by atoms with van der Waals surface area (Å²) in [6.07, 6.45) is -3.35. The Balaban J connectivity index is 4.53. The average Bonchev–Trinajstić information content (AvgIpc) is 2.26. The van der Waals surface area contributed by atoms with Gasteiger partial charge in [0.1, 0.15) is 5.41 Å². The predicted octanol–water partition coefficient (Wildman–Crippen LogP) is 3.17. The highest BCUT2D eigenvalue weighted by Crippen LogP contribution is 2.29. The van der Waals surface area contributed by atoms with Crippen LogP contribution in [0.5, 0.6) is 0 Å². The van der Waals surface area contributed by atoms with Crippen molar-refractivity contribution in [1.29, 1.82) is 5.26 Å². The first-order chi connectivity index (χ1) is 8.31. The van der Waals surface area contributed by atoms with E-state index in [0.29, 0.717) is 25.7 Å². The lowest BCUT2D eigenvalue weighted by Crippen LogP contribution is -2.41. The number of nitriles is 1. The van der Waals surface area contributed by atoms with E-state index in [1.54, 1.807) is 0 Å². The summed E-state index contributed by atoms with van der Waals surface area (Å²) in [5, 5.41) is 11.4. The second kappa shape index (κ2) is 7.24. The van der Waals surface area contributed by atoms with Crippen LogP contribution in [0.1, 0.15) is 46.0 Å². The van der Waals surface area contributed by atoms with E-state index in [4.69, 9.17) is 5.26 Å². The summed E-state index contributed by atoms with van der Waals surface area (Å²) >= 11 is 0. The van der Waals surface area contributed by atoms with Crippen LogP contribution in [0.25, 0.3) is 0 Å². The molecule has 0 bridgehead atoms. The molecule has 0 unspecified atom stereocenters. The number of halogens is 3. The second-order valence-corrected chi connectivity index (χ2v) is 4.31. The van der Waals surface area contributed by atoms with Gasteiger partial charge in [-0.1, -0.05) is 26.7 Å². The maximum Gasteiger partial charge on any atom is 0.390 e. The van der Waals surface area contributed by atoms with Crippen molar-refractivity contribution < 1.29 is 18.0 Å². The summed E-state index contributed by atoms with van der Waals surface area (Å²) in [5.74, 6) is -0.585. The molecule has 104 valence electrons. The molecule has 0 aliphatic carbocycles. The number of carbonyl (C=O) groups is 1. The van der Waals surface area contributed by atoms with Gasteiger partial charge in [-0.05, 0) is 12.8 Å². The summed E-state index contributed by atoms with van der Waals surface area (Å²) in [4.78, 5) is 11.9. The first kappa shape index (κ1) is 16.8. The standard InChI is InChI=1S/C12H19F3N2O/c1-3-5-11(9-16,6-4-2)10(18)17-8-7-12(13,14)15/h3-8H2,1-2H3,(H,17,18). The van der Waals surface area contributed by atoms with Crippen molar-refractivity contribution in [1.82, 2.24) is 5.32 Å². The second-order valence-electron chi connectivity index (χ2n) is 4.31. The maximum absolute atomic E-state index is 12.0. The molecule has 18 heavy (non-hydrogen) atoms. The van der Waals surface area contributed by atoms with Crippen molar-refractivity contribution in [2.24, 2.45) is 5.41 Å². The largest absolute Gasteiger partial charge is 0.390 e. The number of nitrogens with zero attached hydrogens (tertiary/aromatic N) is 1. The van der Waals surface area contributed by atoms with Gasteiger partial charge < -0.3 is 5.32 Å². The minimum absolute atomic E-state index is 0.370. The zero-order valence-electron chi connectivity index (χ0n) is 10.7. The zero-order valence-corrected chi connectivity index (χ0v) is 10.7. The topological polar surface area (TPSA) is 52.9 Å². The lowest BCUT2D eigenvalue weighted by Gasteiger charge is -2.24. The Labute approximate surface area is 105 Å². The van der Waals surface area contributed by atoms with Crippen LogP contribution in [0, 0.1) is 16.7 Å². The fourth-order valence-electron chi connectivity index (χ4n) is 1.86. The number of nitrogens with one attached hydrogen (secondary N) is 1. The molecule has 0 radical (unpaired) electrons. The number of hydrogen-bond acceptors (Lipinski definition) is 2. The van der Waals surface area contributed by atoms with Gasteiger partial charge in [-0.2, -0.15) is 18.4 Å². The molecule has 0 heterocycles. The quantitative estimate of drug-likeness (QED) is 0.767. The van der Waals surface area contributed by atoms with Gasteiger partial charge in [0, 0.05) is 6.54 Å². The van der Waals surface area contributed by atoms with E-state index >= 15 is 0 Å². The third-order valence-corrected chi connectivity index (χ3v) is 2.70. The summed E-state index contributed by atoms with van der Waals surface area (Å²) in [5.41, 5.74) is -1.19. The fourth-order valence-corrected chi connectivity index (χ4v) is 1.86. The van der Waals surface area contributed by atoms with Gasteiger partial charge in [0.05, 0.1) is 12.5 Å². The van der Waals surface area contributed by atoms with Crippen molar-refractivity contribution in [2.45, 2.75) is 52.1 Å². The van der Waals surface area contributed by atoms with Crippen LogP contribution in [0.4, 0.5) is 13.2 Å². The minimum atomic E-state index is -4.29. The molecular weight excluding hydrogens is 245 g/mol. The smallest absolute Gasteiger partial charge is 0.354 e. The van der Waals surface area contributed by atoms with Crippen LogP contribution in [0.2, 0.25) is 0 Å². The number of amides is 1. The normalized spacial score (nSPS) is 12.0. The molecule has 6 heteroatoms. The number of carbonyl (C=O) groups excluding carboxylic acids is 1. The minimum Gasteiger partial charge on any atom is -0.354 e. The van der Waals surface area contributed by atoms with Crippen LogP contribution in [0.15, 0.2) is 0 Å². The molecule has 0 saturated heterocycles. The highest BCUT2D eigenvalue weighted by molar-refractivity contribution is 5.85. The Kier molecular flexibility index (Phi) is 6.74. The Morgan fingerprint density at radius 2 is 1.67 bits per heavy atom. The molecule has 0 fully saturated rings. The van der Waals surface area contributed by atoms with E-state index < -0.39 is 30.5 Å². The van der Waals surface area contributed by atoms with E-state index in [1.165, 1.54) is 0 Å². The Morgan fingerprint density at radius 3 is 2.00 bits per heavy atom. The molecular formula is C12H19F3N2O. The molecule has 0 aromatic heterocycles. The number of hydrogen-bond donors (Lipinski definition) is 1. The molecule has 0 saturated carbocycles. The van der Waals surface area contributed by atoms with Crippen LogP contribution in [0.3, 0.4) is 0 Å². The van der Waals surface area contributed by atoms with Gasteiger partial charge in [-0.3, -0.25) is 4.79 Å². The van der Waals surface area contributed by atoms with Crippen molar-refractivity contribution in [2.75, 3.05) is 6.54 Å². The molecule has 0 rings (SSSR count). The van der Waals surface area contributed by atoms with Gasteiger partial charge in [0.2, 0.25) is 5.91 Å². The third-order valence-electron chi connectivity index (χ3n) is 2.70. The predicted molar refractivity (Wildman–Crippen MR) is 61.5 cm³/mol. The molecule has 0 aliphatic heterocycles. The van der Waals surface area contributed by atoms with E-state index in [2.05, 4.69) is 5.32 Å². The Morgan fingerprint density at radius 1 is 1.17 bits per heavy atom. The van der Waals surface area contributed by atoms with Crippen molar-refractivity contribution in [3.63, 3.8) is 0 Å². The molecule has 3 nitrogen and oxygen atoms in total. The summed E-state index contributed by atoms with van der Waals surface area (Å²) in [6.45, 7) is 3.20. The Hall–Kier alpha value is -1.25. The van der Waals surface area contributed by atoms with Crippen LogP contribution < -0.4 is 5.32 Å². The monoisotopic (exact) mass is 264 g/mol. The molecule has 0 aromatic carbocycles. The third kappa shape index (κ3) is 5.39. The average molecular weight is 264 g/mol. The molecule has 0 spiro atoms. The van der Waals surface area contributed by atoms with Crippen molar-refractivity contribution >= 4 is 5.91 Å². The van der Waals surface area contributed by atoms with Crippen LogP contribution in [-0.2, 0) is 4.79 Å². The van der Waals surface area contributed by atoms with Gasteiger partial charge >= 0.3 is 6.18 Å². The number of alkyl halides is 3. The van der Waals surface area contributed by atoms with Gasteiger partial charge in [-0.25, -0.2) is 0 Å².